The molecule has 0 spiro atoms. The van der Waals surface area contributed by atoms with Gasteiger partial charge in [-0.15, -0.1) is 0 Å². The number of H-pyrrole nitrogens is 1. The van der Waals surface area contributed by atoms with Crippen molar-refractivity contribution >= 4 is 11.8 Å². The molecule has 0 aliphatic rings. The maximum absolute atomic E-state index is 12.0. The topological polar surface area (TPSA) is 88.0 Å². The minimum Gasteiger partial charge on any atom is -0.493 e. The Morgan fingerprint density at radius 2 is 2.17 bits per heavy atom. The fraction of sp³-hybridized carbons (Fsp3) is 0.312. The van der Waals surface area contributed by atoms with E-state index in [-0.39, 0.29) is 5.56 Å². The molecule has 7 heteroatoms. The van der Waals surface area contributed by atoms with Gasteiger partial charge in [0.2, 0.25) is 0 Å². The van der Waals surface area contributed by atoms with Crippen LogP contribution in [0.1, 0.15) is 18.9 Å². The first-order chi connectivity index (χ1) is 11.1. The van der Waals surface area contributed by atoms with Crippen molar-refractivity contribution in [1.29, 1.82) is 5.26 Å². The van der Waals surface area contributed by atoms with Gasteiger partial charge in [-0.3, -0.25) is 4.79 Å². The number of benzene rings is 1. The van der Waals surface area contributed by atoms with E-state index in [9.17, 15) is 10.1 Å². The highest BCUT2D eigenvalue weighted by Gasteiger charge is 2.15. The normalized spacial score (nSPS) is 10.2. The van der Waals surface area contributed by atoms with Gasteiger partial charge in [0.25, 0.3) is 5.56 Å². The van der Waals surface area contributed by atoms with Gasteiger partial charge >= 0.3 is 0 Å². The van der Waals surface area contributed by atoms with Crippen LogP contribution >= 0.6 is 11.8 Å². The minimum absolute atomic E-state index is 0.0191. The minimum atomic E-state index is -0.450. The molecular formula is C16H17N3O3S. The molecule has 0 fully saturated rings. The zero-order chi connectivity index (χ0) is 16.8. The van der Waals surface area contributed by atoms with Gasteiger partial charge in [0.15, 0.2) is 16.7 Å². The Hall–Kier alpha value is -2.46. The quantitative estimate of drug-likeness (QED) is 0.647. The van der Waals surface area contributed by atoms with Crippen LogP contribution in [0.3, 0.4) is 0 Å². The first-order valence-corrected chi connectivity index (χ1v) is 8.26. The van der Waals surface area contributed by atoms with E-state index in [2.05, 4.69) is 9.97 Å². The number of ether oxygens (including phenoxy) is 2. The third kappa shape index (κ3) is 3.66. The van der Waals surface area contributed by atoms with Crippen molar-refractivity contribution in [2.45, 2.75) is 18.5 Å². The first kappa shape index (κ1) is 16.9. The first-order valence-electron chi connectivity index (χ1n) is 7.04. The fourth-order valence-electron chi connectivity index (χ4n) is 2.01. The number of hydrogen-bond donors (Lipinski definition) is 1. The Morgan fingerprint density at radius 3 is 2.78 bits per heavy atom. The predicted octanol–water partition coefficient (Wildman–Crippen LogP) is 2.83. The Labute approximate surface area is 138 Å². The highest BCUT2D eigenvalue weighted by molar-refractivity contribution is 7.98. The molecule has 6 nitrogen and oxygen atoms in total. The average molecular weight is 331 g/mol. The van der Waals surface area contributed by atoms with Crippen LogP contribution in [0.5, 0.6) is 11.5 Å². The molecule has 0 unspecified atom stereocenters. The summed E-state index contributed by atoms with van der Waals surface area (Å²) in [7, 11) is 1.56. The van der Waals surface area contributed by atoms with Crippen LogP contribution in [-0.2, 0) is 0 Å². The van der Waals surface area contributed by atoms with Crippen LogP contribution in [0, 0.1) is 11.3 Å². The Kier molecular flexibility index (Phi) is 5.66. The number of aromatic amines is 1. The lowest BCUT2D eigenvalue weighted by molar-refractivity contribution is 0.294. The number of nitriles is 1. The second-order valence-electron chi connectivity index (χ2n) is 4.62. The van der Waals surface area contributed by atoms with Crippen LogP contribution in [0.2, 0.25) is 0 Å². The fourth-order valence-corrected chi connectivity index (χ4v) is 2.39. The molecule has 1 aromatic carbocycles. The van der Waals surface area contributed by atoms with Gasteiger partial charge in [0.05, 0.1) is 19.4 Å². The Morgan fingerprint density at radius 1 is 1.39 bits per heavy atom. The van der Waals surface area contributed by atoms with E-state index in [1.54, 1.807) is 31.6 Å². The molecule has 0 amide bonds. The van der Waals surface area contributed by atoms with E-state index < -0.39 is 5.56 Å². The number of methoxy groups -OCH3 is 1. The summed E-state index contributed by atoms with van der Waals surface area (Å²) >= 11 is 1.30. The van der Waals surface area contributed by atoms with E-state index >= 15 is 0 Å². The molecule has 0 aliphatic carbocycles. The van der Waals surface area contributed by atoms with Crippen molar-refractivity contribution in [2.24, 2.45) is 0 Å². The number of thioether (sulfide) groups is 1. The average Bonchev–Trinajstić information content (AvgIpc) is 2.58. The molecule has 120 valence electrons. The van der Waals surface area contributed by atoms with E-state index in [1.807, 2.05) is 13.0 Å². The number of nitrogens with one attached hydrogen (secondary N) is 1. The van der Waals surface area contributed by atoms with Crippen molar-refractivity contribution in [3.05, 3.63) is 34.1 Å². The zero-order valence-electron chi connectivity index (χ0n) is 13.2. The van der Waals surface area contributed by atoms with Crippen molar-refractivity contribution in [3.63, 3.8) is 0 Å². The van der Waals surface area contributed by atoms with Gasteiger partial charge < -0.3 is 14.5 Å². The third-order valence-electron chi connectivity index (χ3n) is 3.10. The lowest BCUT2D eigenvalue weighted by Gasteiger charge is -2.12. The molecule has 23 heavy (non-hydrogen) atoms. The third-order valence-corrected chi connectivity index (χ3v) is 3.68. The zero-order valence-corrected chi connectivity index (χ0v) is 14.0. The molecule has 2 rings (SSSR count). The highest BCUT2D eigenvalue weighted by atomic mass is 32.2. The summed E-state index contributed by atoms with van der Waals surface area (Å²) in [4.78, 5) is 19.0. The lowest BCUT2D eigenvalue weighted by Crippen LogP contribution is -2.14. The molecule has 0 aliphatic heterocycles. The largest absolute Gasteiger partial charge is 0.493 e. The van der Waals surface area contributed by atoms with E-state index in [0.29, 0.717) is 34.5 Å². The maximum Gasteiger partial charge on any atom is 0.270 e. The molecule has 0 saturated heterocycles. The van der Waals surface area contributed by atoms with Crippen LogP contribution in [0.15, 0.2) is 28.2 Å². The smallest absolute Gasteiger partial charge is 0.270 e. The highest BCUT2D eigenvalue weighted by Crippen LogP contribution is 2.33. The number of rotatable bonds is 6. The molecule has 1 aromatic heterocycles. The van der Waals surface area contributed by atoms with Gasteiger partial charge in [0, 0.05) is 5.56 Å². The van der Waals surface area contributed by atoms with Crippen molar-refractivity contribution in [2.75, 3.05) is 20.0 Å². The van der Waals surface area contributed by atoms with Crippen molar-refractivity contribution in [3.8, 4) is 28.8 Å². The van der Waals surface area contributed by atoms with Gasteiger partial charge in [-0.2, -0.15) is 5.26 Å². The second-order valence-corrected chi connectivity index (χ2v) is 5.42. The van der Waals surface area contributed by atoms with Crippen LogP contribution in [0.4, 0.5) is 0 Å². The summed E-state index contributed by atoms with van der Waals surface area (Å²) in [5.41, 5.74) is 0.502. The number of aromatic nitrogens is 2. The molecular weight excluding hydrogens is 314 g/mol. The van der Waals surface area contributed by atoms with Crippen LogP contribution in [-0.4, -0.2) is 29.9 Å². The monoisotopic (exact) mass is 331 g/mol. The number of hydrogen-bond acceptors (Lipinski definition) is 6. The molecule has 0 atom stereocenters. The number of nitrogens with zero attached hydrogens (tertiary/aromatic N) is 2. The van der Waals surface area contributed by atoms with Gasteiger partial charge in [-0.1, -0.05) is 18.7 Å². The summed E-state index contributed by atoms with van der Waals surface area (Å²) in [6.07, 6.45) is 2.66. The van der Waals surface area contributed by atoms with Crippen LogP contribution < -0.4 is 15.0 Å². The molecule has 0 saturated carbocycles. The SMILES string of the molecule is CCCOc1cc(-c2nc(SC)[nH]c(=O)c2C#N)ccc1OC. The van der Waals surface area contributed by atoms with Crippen LogP contribution in [0.25, 0.3) is 11.3 Å². The summed E-state index contributed by atoms with van der Waals surface area (Å²) < 4.78 is 10.9. The molecule has 1 N–H and O–H groups in total. The Bertz CT molecular complexity index is 796. The van der Waals surface area contributed by atoms with Crippen molar-refractivity contribution in [1.82, 2.24) is 9.97 Å². The van der Waals surface area contributed by atoms with E-state index in [4.69, 9.17) is 9.47 Å². The van der Waals surface area contributed by atoms with Gasteiger partial charge in [0.1, 0.15) is 11.6 Å². The summed E-state index contributed by atoms with van der Waals surface area (Å²) in [5, 5.41) is 9.72. The molecule has 2 aromatic rings. The molecule has 1 heterocycles. The standard InChI is InChI=1S/C16H17N3O3S/c1-4-7-22-13-8-10(5-6-12(13)21-2)14-11(9-17)15(20)19-16(18-14)23-3/h5-6,8H,4,7H2,1-3H3,(H,18,19,20). The summed E-state index contributed by atoms with van der Waals surface area (Å²) in [6, 6.07) is 7.15. The predicted molar refractivity (Wildman–Crippen MR) is 89.1 cm³/mol. The second kappa shape index (κ2) is 7.70. The molecule has 0 bridgehead atoms. The molecule has 0 radical (unpaired) electrons. The lowest BCUT2D eigenvalue weighted by atomic mass is 10.1. The summed E-state index contributed by atoms with van der Waals surface area (Å²) in [6.45, 7) is 2.55. The summed E-state index contributed by atoms with van der Waals surface area (Å²) in [5.74, 6) is 1.15. The van der Waals surface area contributed by atoms with E-state index in [1.165, 1.54) is 11.8 Å². The van der Waals surface area contributed by atoms with E-state index in [0.717, 1.165) is 6.42 Å². The Balaban J connectivity index is 2.60. The van der Waals surface area contributed by atoms with Crippen molar-refractivity contribution < 1.29 is 9.47 Å². The maximum atomic E-state index is 12.0. The van der Waals surface area contributed by atoms with Gasteiger partial charge in [-0.25, -0.2) is 4.98 Å². The van der Waals surface area contributed by atoms with Gasteiger partial charge in [-0.05, 0) is 30.9 Å².